The quantitative estimate of drug-likeness (QED) is 0.861. The third-order valence-corrected chi connectivity index (χ3v) is 4.00. The number of nitrogens with zero attached hydrogens (tertiary/aromatic N) is 4. The Bertz CT molecular complexity index is 665. The van der Waals surface area contributed by atoms with Crippen molar-refractivity contribution in [1.29, 1.82) is 5.26 Å². The molecule has 0 amide bonds. The van der Waals surface area contributed by atoms with Crippen LogP contribution >= 0.6 is 0 Å². The molecule has 1 aromatic heterocycles. The minimum atomic E-state index is 0.349. The summed E-state index contributed by atoms with van der Waals surface area (Å²) in [4.78, 5) is 7.10. The summed E-state index contributed by atoms with van der Waals surface area (Å²) in [7, 11) is 0. The number of hydrogen-bond donors (Lipinski definition) is 0. The number of hydrogen-bond acceptors (Lipinski definition) is 4. The molecule has 21 heavy (non-hydrogen) atoms. The maximum atomic E-state index is 9.10. The molecule has 0 aliphatic carbocycles. The van der Waals surface area contributed by atoms with Crippen molar-refractivity contribution in [3.63, 3.8) is 0 Å². The van der Waals surface area contributed by atoms with E-state index in [1.165, 1.54) is 5.56 Å². The van der Waals surface area contributed by atoms with Crippen molar-refractivity contribution in [2.24, 2.45) is 0 Å². The number of morpholine rings is 1. The summed E-state index contributed by atoms with van der Waals surface area (Å²) in [6, 6.07) is 8.59. The molecule has 5 nitrogen and oxygen atoms in total. The number of ether oxygens (including phenoxy) is 1. The zero-order chi connectivity index (χ0) is 14.7. The number of imidazole rings is 1. The Morgan fingerprint density at radius 3 is 2.86 bits per heavy atom. The molecule has 5 heteroatoms. The van der Waals surface area contributed by atoms with Gasteiger partial charge < -0.3 is 9.30 Å². The highest BCUT2D eigenvalue weighted by molar-refractivity contribution is 5.77. The molecular formula is C16H20N4O. The second kappa shape index (κ2) is 6.25. The Morgan fingerprint density at radius 2 is 2.14 bits per heavy atom. The topological polar surface area (TPSA) is 54.1 Å². The van der Waals surface area contributed by atoms with Gasteiger partial charge >= 0.3 is 0 Å². The molecule has 1 saturated heterocycles. The van der Waals surface area contributed by atoms with Crippen LogP contribution in [0.4, 0.5) is 0 Å². The van der Waals surface area contributed by atoms with Gasteiger partial charge in [0.25, 0.3) is 0 Å². The second-order valence-electron chi connectivity index (χ2n) is 5.34. The molecule has 0 bridgehead atoms. The second-order valence-corrected chi connectivity index (χ2v) is 5.34. The van der Waals surface area contributed by atoms with Gasteiger partial charge in [0.1, 0.15) is 12.4 Å². The van der Waals surface area contributed by atoms with E-state index in [0.717, 1.165) is 56.1 Å². The molecule has 0 saturated carbocycles. The molecule has 1 aliphatic heterocycles. The maximum absolute atomic E-state index is 9.10. The van der Waals surface area contributed by atoms with Crippen LogP contribution in [0.1, 0.15) is 18.3 Å². The lowest BCUT2D eigenvalue weighted by Crippen LogP contribution is -2.36. The fourth-order valence-corrected chi connectivity index (χ4v) is 2.77. The number of aryl methyl sites for hydroxylation is 1. The Hall–Kier alpha value is -1.90. The van der Waals surface area contributed by atoms with E-state index in [9.17, 15) is 0 Å². The summed E-state index contributed by atoms with van der Waals surface area (Å²) in [5.74, 6) is 0.974. The summed E-state index contributed by atoms with van der Waals surface area (Å²) in [6.45, 7) is 6.67. The lowest BCUT2D eigenvalue weighted by Gasteiger charge is -2.26. The fraction of sp³-hybridized carbons (Fsp3) is 0.500. The van der Waals surface area contributed by atoms with Gasteiger partial charge in [0, 0.05) is 13.1 Å². The highest BCUT2D eigenvalue weighted by atomic mass is 16.5. The zero-order valence-electron chi connectivity index (χ0n) is 12.4. The van der Waals surface area contributed by atoms with Gasteiger partial charge in [-0.2, -0.15) is 5.26 Å². The number of benzene rings is 1. The smallest absolute Gasteiger partial charge is 0.125 e. The summed E-state index contributed by atoms with van der Waals surface area (Å²) in [6.07, 6.45) is 1.000. The first-order valence-corrected chi connectivity index (χ1v) is 7.47. The number of aromatic nitrogens is 2. The van der Waals surface area contributed by atoms with Crippen LogP contribution in [-0.2, 0) is 24.2 Å². The third-order valence-electron chi connectivity index (χ3n) is 4.00. The largest absolute Gasteiger partial charge is 0.379 e. The highest BCUT2D eigenvalue weighted by Gasteiger charge is 2.16. The van der Waals surface area contributed by atoms with Gasteiger partial charge in [0.2, 0.25) is 0 Å². The number of nitriles is 1. The average Bonchev–Trinajstić information content (AvgIpc) is 2.85. The molecule has 0 radical (unpaired) electrons. The molecule has 0 spiro atoms. The number of rotatable bonds is 4. The monoisotopic (exact) mass is 284 g/mol. The van der Waals surface area contributed by atoms with Crippen molar-refractivity contribution in [3.05, 3.63) is 29.6 Å². The minimum Gasteiger partial charge on any atom is -0.379 e. The standard InChI is InChI=1S/C16H20N4O/c1-2-13-3-4-15-14(11-13)18-16(20(15)6-5-17)12-19-7-9-21-10-8-19/h3-4,11H,2,6-10,12H2,1H3. The minimum absolute atomic E-state index is 0.349. The first-order valence-electron chi connectivity index (χ1n) is 7.47. The summed E-state index contributed by atoms with van der Waals surface area (Å²) >= 11 is 0. The van der Waals surface area contributed by atoms with Crippen molar-refractivity contribution in [1.82, 2.24) is 14.5 Å². The first-order chi connectivity index (χ1) is 10.3. The van der Waals surface area contributed by atoms with Crippen LogP contribution in [0.25, 0.3) is 11.0 Å². The van der Waals surface area contributed by atoms with E-state index in [4.69, 9.17) is 15.0 Å². The van der Waals surface area contributed by atoms with Crippen molar-refractivity contribution < 1.29 is 4.74 Å². The molecule has 1 aromatic carbocycles. The van der Waals surface area contributed by atoms with Crippen LogP contribution in [0.2, 0.25) is 0 Å². The molecule has 1 fully saturated rings. The molecule has 3 rings (SSSR count). The summed E-state index contributed by atoms with van der Waals surface area (Å²) < 4.78 is 7.42. The normalized spacial score (nSPS) is 16.2. The van der Waals surface area contributed by atoms with E-state index in [2.05, 4.69) is 36.1 Å². The van der Waals surface area contributed by atoms with Gasteiger partial charge in [-0.3, -0.25) is 4.90 Å². The predicted octanol–water partition coefficient (Wildman–Crippen LogP) is 1.95. The van der Waals surface area contributed by atoms with Gasteiger partial charge in [0.15, 0.2) is 0 Å². The Kier molecular flexibility index (Phi) is 4.18. The molecule has 2 aromatic rings. The van der Waals surface area contributed by atoms with E-state index in [-0.39, 0.29) is 0 Å². The molecule has 0 atom stereocenters. The molecular weight excluding hydrogens is 264 g/mol. The average molecular weight is 284 g/mol. The fourth-order valence-electron chi connectivity index (χ4n) is 2.77. The Labute approximate surface area is 124 Å². The van der Waals surface area contributed by atoms with E-state index in [1.54, 1.807) is 0 Å². The molecule has 110 valence electrons. The van der Waals surface area contributed by atoms with Crippen LogP contribution < -0.4 is 0 Å². The van der Waals surface area contributed by atoms with E-state index >= 15 is 0 Å². The Balaban J connectivity index is 1.95. The highest BCUT2D eigenvalue weighted by Crippen LogP contribution is 2.19. The zero-order valence-corrected chi connectivity index (χ0v) is 12.4. The predicted molar refractivity (Wildman–Crippen MR) is 80.8 cm³/mol. The lowest BCUT2D eigenvalue weighted by molar-refractivity contribution is 0.0327. The van der Waals surface area contributed by atoms with Crippen LogP contribution in [0.5, 0.6) is 0 Å². The van der Waals surface area contributed by atoms with Gasteiger partial charge in [-0.25, -0.2) is 4.98 Å². The van der Waals surface area contributed by atoms with Crippen molar-refractivity contribution in [2.75, 3.05) is 26.3 Å². The van der Waals surface area contributed by atoms with Crippen molar-refractivity contribution in [2.45, 2.75) is 26.4 Å². The van der Waals surface area contributed by atoms with Crippen LogP contribution in [-0.4, -0.2) is 40.8 Å². The van der Waals surface area contributed by atoms with Crippen molar-refractivity contribution in [3.8, 4) is 6.07 Å². The molecule has 0 N–H and O–H groups in total. The van der Waals surface area contributed by atoms with E-state index in [0.29, 0.717) is 6.54 Å². The van der Waals surface area contributed by atoms with Crippen LogP contribution in [0, 0.1) is 11.3 Å². The van der Waals surface area contributed by atoms with Crippen molar-refractivity contribution >= 4 is 11.0 Å². The van der Waals surface area contributed by atoms with Crippen LogP contribution in [0.15, 0.2) is 18.2 Å². The van der Waals surface area contributed by atoms with E-state index < -0.39 is 0 Å². The van der Waals surface area contributed by atoms with Gasteiger partial charge in [-0.15, -0.1) is 0 Å². The van der Waals surface area contributed by atoms with E-state index in [1.807, 2.05) is 4.57 Å². The Morgan fingerprint density at radius 1 is 1.33 bits per heavy atom. The summed E-state index contributed by atoms with van der Waals surface area (Å²) in [5, 5.41) is 9.10. The molecule has 2 heterocycles. The maximum Gasteiger partial charge on any atom is 0.125 e. The van der Waals surface area contributed by atoms with Gasteiger partial charge in [0.05, 0.1) is 36.9 Å². The van der Waals surface area contributed by atoms with Gasteiger partial charge in [-0.05, 0) is 24.1 Å². The van der Waals surface area contributed by atoms with Gasteiger partial charge in [-0.1, -0.05) is 13.0 Å². The SMILES string of the molecule is CCc1ccc2c(c1)nc(CN1CCOCC1)n2CC#N. The summed E-state index contributed by atoms with van der Waals surface area (Å²) in [5.41, 5.74) is 3.33. The molecule has 0 unspecified atom stereocenters. The number of fused-ring (bicyclic) bond motifs is 1. The van der Waals surface area contributed by atoms with Crippen LogP contribution in [0.3, 0.4) is 0 Å². The first kappa shape index (κ1) is 14.1. The third kappa shape index (κ3) is 2.92. The lowest BCUT2D eigenvalue weighted by atomic mass is 10.1. The molecule has 1 aliphatic rings.